The fourth-order valence-corrected chi connectivity index (χ4v) is 2.12. The Kier molecular flexibility index (Phi) is 5.12. The van der Waals surface area contributed by atoms with Crippen LogP contribution in [0.25, 0.3) is 0 Å². The first-order valence-corrected chi connectivity index (χ1v) is 6.12. The van der Waals surface area contributed by atoms with Gasteiger partial charge in [-0.2, -0.15) is 0 Å². The number of para-hydroxylation sites is 1. The molecule has 15 heavy (non-hydrogen) atoms. The first-order valence-electron chi connectivity index (χ1n) is 5.32. The number of nitrogens with two attached hydrogens (primary N) is 1. The summed E-state index contributed by atoms with van der Waals surface area (Å²) in [5.41, 5.74) is 6.96. The highest BCUT2D eigenvalue weighted by atomic mass is 79.9. The second-order valence-electron chi connectivity index (χ2n) is 3.99. The molecule has 0 aliphatic heterocycles. The molecule has 1 unspecified atom stereocenters. The van der Waals surface area contributed by atoms with Gasteiger partial charge in [0.1, 0.15) is 0 Å². The van der Waals surface area contributed by atoms with E-state index < -0.39 is 0 Å². The van der Waals surface area contributed by atoms with Crippen LogP contribution < -0.4 is 10.6 Å². The molecule has 0 fully saturated rings. The third-order valence-corrected chi connectivity index (χ3v) is 3.09. The van der Waals surface area contributed by atoms with E-state index in [4.69, 9.17) is 5.73 Å². The number of rotatable bonds is 5. The van der Waals surface area contributed by atoms with Crippen LogP contribution in [0.3, 0.4) is 0 Å². The average molecular weight is 271 g/mol. The molecule has 0 saturated heterocycles. The van der Waals surface area contributed by atoms with Gasteiger partial charge in [0.15, 0.2) is 0 Å². The van der Waals surface area contributed by atoms with Crippen LogP contribution >= 0.6 is 15.9 Å². The molecule has 0 amide bonds. The van der Waals surface area contributed by atoms with Gasteiger partial charge in [0.25, 0.3) is 0 Å². The number of benzene rings is 1. The van der Waals surface area contributed by atoms with E-state index in [1.165, 1.54) is 5.69 Å². The van der Waals surface area contributed by atoms with E-state index in [9.17, 15) is 0 Å². The molecule has 1 aromatic carbocycles. The highest BCUT2D eigenvalue weighted by Crippen LogP contribution is 2.24. The molecule has 0 heterocycles. The average Bonchev–Trinajstić information content (AvgIpc) is 2.17. The molecule has 1 aromatic rings. The minimum atomic E-state index is 0.303. The van der Waals surface area contributed by atoms with Gasteiger partial charge >= 0.3 is 0 Å². The second kappa shape index (κ2) is 6.13. The van der Waals surface area contributed by atoms with Gasteiger partial charge in [-0.25, -0.2) is 0 Å². The van der Waals surface area contributed by atoms with E-state index in [0.717, 1.165) is 23.9 Å². The first kappa shape index (κ1) is 12.5. The van der Waals surface area contributed by atoms with Crippen molar-refractivity contribution in [2.45, 2.75) is 25.8 Å². The summed E-state index contributed by atoms with van der Waals surface area (Å²) in [5.74, 6) is 0. The summed E-state index contributed by atoms with van der Waals surface area (Å²) in [6.07, 6.45) is 2.21. The summed E-state index contributed by atoms with van der Waals surface area (Å²) in [4.78, 5) is 2.26. The lowest BCUT2D eigenvalue weighted by atomic mass is 10.2. The zero-order chi connectivity index (χ0) is 11.3. The maximum absolute atomic E-state index is 5.72. The van der Waals surface area contributed by atoms with Crippen molar-refractivity contribution in [2.75, 3.05) is 18.5 Å². The molecule has 0 radical (unpaired) electrons. The van der Waals surface area contributed by atoms with E-state index in [2.05, 4.69) is 53.0 Å². The van der Waals surface area contributed by atoms with E-state index in [-0.39, 0.29) is 0 Å². The van der Waals surface area contributed by atoms with Crippen molar-refractivity contribution in [1.29, 1.82) is 0 Å². The van der Waals surface area contributed by atoms with E-state index in [1.54, 1.807) is 0 Å². The van der Waals surface area contributed by atoms with Crippen LogP contribution in [0.15, 0.2) is 28.7 Å². The van der Waals surface area contributed by atoms with Gasteiger partial charge in [0.05, 0.1) is 5.69 Å². The zero-order valence-corrected chi connectivity index (χ0v) is 11.0. The maximum Gasteiger partial charge on any atom is 0.0508 e. The number of hydrogen-bond acceptors (Lipinski definition) is 2. The second-order valence-corrected chi connectivity index (χ2v) is 4.85. The van der Waals surface area contributed by atoms with Crippen LogP contribution in [0, 0.1) is 0 Å². The molecule has 84 valence electrons. The van der Waals surface area contributed by atoms with E-state index in [1.807, 2.05) is 6.07 Å². The van der Waals surface area contributed by atoms with Crippen molar-refractivity contribution in [1.82, 2.24) is 0 Å². The molecule has 1 atom stereocenters. The summed E-state index contributed by atoms with van der Waals surface area (Å²) in [7, 11) is 2.11. The van der Waals surface area contributed by atoms with Crippen molar-refractivity contribution >= 4 is 21.6 Å². The molecule has 2 nitrogen and oxygen atoms in total. The molecule has 0 saturated carbocycles. The Morgan fingerprint density at radius 2 is 2.07 bits per heavy atom. The van der Waals surface area contributed by atoms with Crippen molar-refractivity contribution in [2.24, 2.45) is 5.73 Å². The summed E-state index contributed by atoms with van der Waals surface area (Å²) in [6, 6.07) is 8.58. The number of halogens is 1. The first-order chi connectivity index (χ1) is 7.11. The molecule has 1 rings (SSSR count). The predicted molar refractivity (Wildman–Crippen MR) is 70.3 cm³/mol. The summed E-state index contributed by atoms with van der Waals surface area (Å²) in [6.45, 7) is 3.10. The van der Waals surface area contributed by atoms with Crippen LogP contribution in [-0.2, 0) is 0 Å². The van der Waals surface area contributed by atoms with Crippen LogP contribution in [-0.4, -0.2) is 19.6 Å². The fraction of sp³-hybridized carbons (Fsp3) is 0.500. The Hall–Kier alpha value is -0.540. The van der Waals surface area contributed by atoms with Gasteiger partial charge in [0.2, 0.25) is 0 Å². The van der Waals surface area contributed by atoms with Crippen molar-refractivity contribution in [3.05, 3.63) is 28.7 Å². The Labute approximate surface area is 101 Å². The van der Waals surface area contributed by atoms with E-state index in [0.29, 0.717) is 6.04 Å². The van der Waals surface area contributed by atoms with Gasteiger partial charge in [-0.15, -0.1) is 0 Å². The van der Waals surface area contributed by atoms with Gasteiger partial charge in [0, 0.05) is 24.1 Å². The Bertz CT molecular complexity index is 299. The fourth-order valence-electron chi connectivity index (χ4n) is 1.53. The van der Waals surface area contributed by atoms with Crippen LogP contribution in [0.1, 0.15) is 19.8 Å². The van der Waals surface area contributed by atoms with Crippen LogP contribution in [0.4, 0.5) is 5.69 Å². The monoisotopic (exact) mass is 270 g/mol. The van der Waals surface area contributed by atoms with Crippen LogP contribution in [0.5, 0.6) is 0 Å². The van der Waals surface area contributed by atoms with Gasteiger partial charge in [-0.05, 0) is 47.8 Å². The molecule has 0 aliphatic rings. The van der Waals surface area contributed by atoms with Crippen molar-refractivity contribution < 1.29 is 0 Å². The van der Waals surface area contributed by atoms with Gasteiger partial charge < -0.3 is 10.6 Å². The smallest absolute Gasteiger partial charge is 0.0508 e. The molecule has 0 aliphatic carbocycles. The summed E-state index contributed by atoms with van der Waals surface area (Å²) >= 11 is 3.55. The van der Waals surface area contributed by atoms with E-state index >= 15 is 0 Å². The molecular weight excluding hydrogens is 252 g/mol. The number of hydrogen-bond donors (Lipinski definition) is 1. The predicted octanol–water partition coefficient (Wildman–Crippen LogP) is 3.01. The molecule has 0 aromatic heterocycles. The third-order valence-electron chi connectivity index (χ3n) is 2.42. The molecular formula is C12H19BrN2. The quantitative estimate of drug-likeness (QED) is 0.892. The van der Waals surface area contributed by atoms with Crippen LogP contribution in [0.2, 0.25) is 0 Å². The normalized spacial score (nSPS) is 12.5. The SMILES string of the molecule is CC(N)CCCN(C)c1ccccc1Br. The van der Waals surface area contributed by atoms with Gasteiger partial charge in [-0.1, -0.05) is 12.1 Å². The number of nitrogens with zero attached hydrogens (tertiary/aromatic N) is 1. The number of anilines is 1. The lowest BCUT2D eigenvalue weighted by molar-refractivity contribution is 0.621. The Balaban J connectivity index is 2.47. The lowest BCUT2D eigenvalue weighted by Crippen LogP contribution is -2.22. The molecule has 2 N–H and O–H groups in total. The molecule has 0 bridgehead atoms. The minimum Gasteiger partial charge on any atom is -0.374 e. The topological polar surface area (TPSA) is 29.3 Å². The largest absolute Gasteiger partial charge is 0.374 e. The van der Waals surface area contributed by atoms with Crippen molar-refractivity contribution in [3.63, 3.8) is 0 Å². The Morgan fingerprint density at radius 1 is 1.40 bits per heavy atom. The summed E-state index contributed by atoms with van der Waals surface area (Å²) < 4.78 is 1.15. The highest BCUT2D eigenvalue weighted by Gasteiger charge is 2.04. The minimum absolute atomic E-state index is 0.303. The summed E-state index contributed by atoms with van der Waals surface area (Å²) in [5, 5.41) is 0. The molecule has 3 heteroatoms. The standard InChI is InChI=1S/C12H19BrN2/c1-10(14)6-5-9-15(2)12-8-4-3-7-11(12)13/h3-4,7-8,10H,5-6,9,14H2,1-2H3. The molecule has 0 spiro atoms. The third kappa shape index (κ3) is 4.22. The highest BCUT2D eigenvalue weighted by molar-refractivity contribution is 9.10. The Morgan fingerprint density at radius 3 is 2.67 bits per heavy atom. The van der Waals surface area contributed by atoms with Crippen molar-refractivity contribution in [3.8, 4) is 0 Å². The maximum atomic E-state index is 5.72. The zero-order valence-electron chi connectivity index (χ0n) is 9.41. The van der Waals surface area contributed by atoms with Gasteiger partial charge in [-0.3, -0.25) is 0 Å². The lowest BCUT2D eigenvalue weighted by Gasteiger charge is -2.21.